The topological polar surface area (TPSA) is 120 Å². The summed E-state index contributed by atoms with van der Waals surface area (Å²) in [4.78, 5) is 53.4. The van der Waals surface area contributed by atoms with Crippen LogP contribution >= 0.6 is 7.82 Å². The van der Waals surface area contributed by atoms with Crippen LogP contribution < -0.4 is 0 Å². The smallest absolute Gasteiger partial charge is 0.322 e. The maximum atomic E-state index is 14.6. The van der Waals surface area contributed by atoms with E-state index in [0.29, 0.717) is 29.5 Å². The van der Waals surface area contributed by atoms with E-state index in [1.165, 1.54) is 11.0 Å². The van der Waals surface area contributed by atoms with Gasteiger partial charge in [0.2, 0.25) is 11.7 Å². The number of hydrogen-bond donors (Lipinski definition) is 0. The third-order valence-corrected chi connectivity index (χ3v) is 8.87. The zero-order chi connectivity index (χ0) is 30.2. The van der Waals surface area contributed by atoms with E-state index in [0.717, 1.165) is 36.3 Å². The van der Waals surface area contributed by atoms with E-state index < -0.39 is 67.8 Å². The van der Waals surface area contributed by atoms with Gasteiger partial charge in [-0.25, -0.2) is 8.96 Å². The van der Waals surface area contributed by atoms with Gasteiger partial charge in [0.05, 0.1) is 6.10 Å². The van der Waals surface area contributed by atoms with Gasteiger partial charge in [-0.2, -0.15) is 8.78 Å². The van der Waals surface area contributed by atoms with Crippen molar-refractivity contribution in [1.29, 1.82) is 0 Å². The number of rotatable bonds is 12. The van der Waals surface area contributed by atoms with Crippen LogP contribution in [0.1, 0.15) is 59.2 Å². The molecule has 0 N–H and O–H groups in total. The number of carbonyl (C=O) groups excluding carboxylic acids is 4. The molecule has 1 saturated heterocycles. The van der Waals surface area contributed by atoms with Crippen molar-refractivity contribution < 1.29 is 50.5 Å². The van der Waals surface area contributed by atoms with E-state index in [1.54, 1.807) is 12.1 Å². The fraction of sp³-hybridized carbons (Fsp3) is 0.429. The quantitative estimate of drug-likeness (QED) is 0.255. The molecule has 0 spiro atoms. The fourth-order valence-corrected chi connectivity index (χ4v) is 5.98. The molecule has 3 aliphatic rings. The number of fused-ring (bicyclic) bond motifs is 1. The summed E-state index contributed by atoms with van der Waals surface area (Å²) in [6.45, 7) is -0.635. The molecule has 1 saturated carbocycles. The van der Waals surface area contributed by atoms with Crippen molar-refractivity contribution in [3.05, 3.63) is 70.5 Å². The first-order chi connectivity index (χ1) is 19.9. The molecule has 3 amide bonds. The Morgan fingerprint density at radius 1 is 1.07 bits per heavy atom. The molecule has 0 radical (unpaired) electrons. The van der Waals surface area contributed by atoms with E-state index in [1.807, 2.05) is 0 Å². The van der Waals surface area contributed by atoms with Gasteiger partial charge in [-0.05, 0) is 67.1 Å². The molecule has 224 valence electrons. The molecule has 0 bridgehead atoms. The van der Waals surface area contributed by atoms with Gasteiger partial charge >= 0.3 is 13.7 Å². The van der Waals surface area contributed by atoms with Crippen LogP contribution in [-0.4, -0.2) is 59.3 Å². The summed E-state index contributed by atoms with van der Waals surface area (Å²) < 4.78 is 70.2. The van der Waals surface area contributed by atoms with Crippen LogP contribution in [-0.2, 0) is 51.4 Å². The van der Waals surface area contributed by atoms with Crippen molar-refractivity contribution >= 4 is 31.3 Å². The zero-order valence-electron chi connectivity index (χ0n) is 22.6. The highest BCUT2D eigenvalue weighted by molar-refractivity contribution is 7.48. The van der Waals surface area contributed by atoms with E-state index in [2.05, 4.69) is 0 Å². The summed E-state index contributed by atoms with van der Waals surface area (Å²) >= 11 is 0. The fourth-order valence-electron chi connectivity index (χ4n) is 4.90. The maximum Gasteiger partial charge on any atom is 0.476 e. The highest BCUT2D eigenvalue weighted by Gasteiger charge is 2.44. The average molecular weight is 609 g/mol. The molecule has 2 unspecified atom stereocenters. The summed E-state index contributed by atoms with van der Waals surface area (Å²) in [5, 5.41) is 0. The Balaban J connectivity index is 1.22. The molecule has 2 aliphatic heterocycles. The van der Waals surface area contributed by atoms with Gasteiger partial charge < -0.3 is 4.90 Å². The lowest BCUT2D eigenvalue weighted by atomic mass is 9.97. The molecular formula is C28H28F3N2O8P. The highest BCUT2D eigenvalue weighted by Crippen LogP contribution is 2.53. The molecule has 14 heteroatoms. The maximum absolute atomic E-state index is 14.6. The van der Waals surface area contributed by atoms with Gasteiger partial charge in [-0.1, -0.05) is 12.1 Å². The Hall–Kier alpha value is -3.38. The van der Waals surface area contributed by atoms with Crippen LogP contribution in [0.3, 0.4) is 0 Å². The molecule has 2 fully saturated rings. The van der Waals surface area contributed by atoms with Gasteiger partial charge in [0.25, 0.3) is 11.8 Å². The number of amides is 3. The molecule has 0 aromatic heterocycles. The van der Waals surface area contributed by atoms with Crippen LogP contribution in [0.25, 0.3) is 0 Å². The number of Topliss-reactive ketones (excluding diaryl/α,β-unsaturated/α-hetero) is 1. The van der Waals surface area contributed by atoms with E-state index in [9.17, 15) is 36.9 Å². The minimum Gasteiger partial charge on any atom is -0.322 e. The molecule has 10 nitrogen and oxygen atoms in total. The second-order valence-electron chi connectivity index (χ2n) is 10.3. The molecule has 2 aromatic carbocycles. The number of phosphoric acid groups is 1. The summed E-state index contributed by atoms with van der Waals surface area (Å²) in [6, 6.07) is 7.16. The number of likely N-dealkylation sites (tertiary alicyclic amines) is 1. The van der Waals surface area contributed by atoms with Crippen LogP contribution in [0.4, 0.5) is 13.2 Å². The minimum atomic E-state index is -3.98. The lowest BCUT2D eigenvalue weighted by Crippen LogP contribution is -2.55. The molecule has 2 atom stereocenters. The number of piperidine rings is 1. The van der Waals surface area contributed by atoms with Gasteiger partial charge in [-0.15, -0.1) is 0 Å². The van der Waals surface area contributed by atoms with Crippen molar-refractivity contribution in [3.8, 4) is 0 Å². The van der Waals surface area contributed by atoms with Crippen molar-refractivity contribution in [3.63, 3.8) is 0 Å². The van der Waals surface area contributed by atoms with Crippen LogP contribution in [0, 0.1) is 5.82 Å². The monoisotopic (exact) mass is 608 g/mol. The number of alkyl halides is 2. The molecule has 2 heterocycles. The summed E-state index contributed by atoms with van der Waals surface area (Å²) in [5.74, 6) is -7.50. The number of hydrogen-bond acceptors (Lipinski definition) is 8. The lowest BCUT2D eigenvalue weighted by molar-refractivity contribution is -0.156. The Morgan fingerprint density at radius 2 is 1.79 bits per heavy atom. The van der Waals surface area contributed by atoms with Crippen molar-refractivity contribution in [2.45, 2.75) is 63.1 Å². The second kappa shape index (κ2) is 11.7. The van der Waals surface area contributed by atoms with Crippen molar-refractivity contribution in [1.82, 2.24) is 9.80 Å². The predicted molar refractivity (Wildman–Crippen MR) is 139 cm³/mol. The zero-order valence-corrected chi connectivity index (χ0v) is 23.5. The lowest BCUT2D eigenvalue weighted by Gasteiger charge is -2.35. The number of halogens is 3. The van der Waals surface area contributed by atoms with Crippen LogP contribution in [0.15, 0.2) is 42.5 Å². The molecular weight excluding hydrogens is 580 g/mol. The number of benzene rings is 2. The summed E-state index contributed by atoms with van der Waals surface area (Å²) in [5.41, 5.74) is 0.804. The second-order valence-corrected chi connectivity index (χ2v) is 12.1. The molecule has 2 aromatic rings. The SMILES string of the molecule is COP(=O)(OCN1C(=O)CCC(N2Cc3cc(CCC(=O)C(F)(F)c4ccc(F)cc4)ccc3C2=O)C1=O)OC1CC1. The summed E-state index contributed by atoms with van der Waals surface area (Å²) in [7, 11) is -2.85. The average Bonchev–Trinajstić information content (AvgIpc) is 3.72. The predicted octanol–water partition coefficient (Wildman–Crippen LogP) is 4.50. The van der Waals surface area contributed by atoms with Gasteiger partial charge in [0.1, 0.15) is 18.6 Å². The van der Waals surface area contributed by atoms with E-state index >= 15 is 0 Å². The van der Waals surface area contributed by atoms with Crippen LogP contribution in [0.2, 0.25) is 0 Å². The number of imide groups is 1. The number of aryl methyl sites for hydroxylation is 1. The third kappa shape index (κ3) is 6.19. The van der Waals surface area contributed by atoms with E-state index in [-0.39, 0.29) is 31.9 Å². The molecule has 5 rings (SSSR count). The Kier molecular flexibility index (Phi) is 8.39. The number of phosphoric ester groups is 1. The molecule has 42 heavy (non-hydrogen) atoms. The van der Waals surface area contributed by atoms with Crippen LogP contribution in [0.5, 0.6) is 0 Å². The number of ketones is 1. The van der Waals surface area contributed by atoms with E-state index in [4.69, 9.17) is 13.6 Å². The molecule has 1 aliphatic carbocycles. The van der Waals surface area contributed by atoms with Gasteiger partial charge in [0, 0.05) is 37.6 Å². The largest absolute Gasteiger partial charge is 0.476 e. The first-order valence-corrected chi connectivity index (χ1v) is 14.8. The highest BCUT2D eigenvalue weighted by atomic mass is 31.2. The Bertz CT molecular complexity index is 1460. The van der Waals surface area contributed by atoms with Crippen molar-refractivity contribution in [2.24, 2.45) is 0 Å². The standard InChI is InChI=1S/C28H28F3N2O8P/c1-39-42(38,41-21-8-9-21)40-16-33-25(35)13-11-23(27(33)37)32-15-18-14-17(2-10-22(18)26(32)36)3-12-24(34)28(30,31)19-4-6-20(29)7-5-19/h2,4-7,10,14,21,23H,3,8-9,11-13,15-16H2,1H3. The number of carbonyl (C=O) groups is 4. The van der Waals surface area contributed by atoms with Crippen molar-refractivity contribution in [2.75, 3.05) is 13.8 Å². The normalized spacial score (nSPS) is 20.6. The Labute approximate surface area is 239 Å². The summed E-state index contributed by atoms with van der Waals surface area (Å²) in [6.07, 6.45) is 0.615. The number of nitrogens with zero attached hydrogens (tertiary/aromatic N) is 2. The Morgan fingerprint density at radius 3 is 2.45 bits per heavy atom. The first-order valence-electron chi connectivity index (χ1n) is 13.3. The first kappa shape index (κ1) is 30.1. The van der Waals surface area contributed by atoms with Gasteiger partial charge in [0.15, 0.2) is 0 Å². The minimum absolute atomic E-state index is 0.0262. The van der Waals surface area contributed by atoms with Gasteiger partial charge in [-0.3, -0.25) is 37.6 Å². The third-order valence-electron chi connectivity index (χ3n) is 7.43.